The van der Waals surface area contributed by atoms with Gasteiger partial charge in [-0.05, 0) is 19.8 Å². The van der Waals surface area contributed by atoms with E-state index >= 15 is 0 Å². The first-order valence-corrected chi connectivity index (χ1v) is 6.75. The summed E-state index contributed by atoms with van der Waals surface area (Å²) in [5, 5.41) is 14.2. The number of nitro groups is 1. The zero-order valence-corrected chi connectivity index (χ0v) is 11.9. The summed E-state index contributed by atoms with van der Waals surface area (Å²) in [4.78, 5) is 24.6. The van der Waals surface area contributed by atoms with E-state index in [0.717, 1.165) is 18.2 Å². The number of rotatable bonds is 6. The molecule has 0 aliphatic carbocycles. The standard InChI is InChI=1S/C11H16BrN3O3/c1-3-11(2,4-5-12)14-10(16)9-6-8(7-13-9)15(17)18/h6-7,13H,3-5H2,1-2H3,(H,14,16). The third-order valence-electron chi connectivity index (χ3n) is 2.97. The Morgan fingerprint density at radius 2 is 2.33 bits per heavy atom. The maximum absolute atomic E-state index is 11.9. The Labute approximate surface area is 113 Å². The van der Waals surface area contributed by atoms with Crippen LogP contribution in [0.3, 0.4) is 0 Å². The molecule has 1 rings (SSSR count). The van der Waals surface area contributed by atoms with Crippen LogP contribution in [0.1, 0.15) is 37.2 Å². The largest absolute Gasteiger partial charge is 0.351 e. The van der Waals surface area contributed by atoms with Crippen molar-refractivity contribution in [2.24, 2.45) is 0 Å². The number of carbonyl (C=O) groups is 1. The Balaban J connectivity index is 2.77. The van der Waals surface area contributed by atoms with E-state index in [1.165, 1.54) is 12.3 Å². The van der Waals surface area contributed by atoms with Gasteiger partial charge in [0.05, 0.1) is 11.1 Å². The number of nitrogens with one attached hydrogen (secondary N) is 2. The predicted octanol–water partition coefficient (Wildman–Crippen LogP) is 2.61. The summed E-state index contributed by atoms with van der Waals surface area (Å²) in [7, 11) is 0. The lowest BCUT2D eigenvalue weighted by Crippen LogP contribution is -2.45. The van der Waals surface area contributed by atoms with Crippen molar-refractivity contribution >= 4 is 27.5 Å². The fourth-order valence-electron chi connectivity index (χ4n) is 1.50. The third-order valence-corrected chi connectivity index (χ3v) is 3.36. The molecule has 0 radical (unpaired) electrons. The van der Waals surface area contributed by atoms with Crippen LogP contribution in [-0.2, 0) is 0 Å². The Kier molecular flexibility index (Phi) is 4.89. The summed E-state index contributed by atoms with van der Waals surface area (Å²) in [6.07, 6.45) is 2.79. The lowest BCUT2D eigenvalue weighted by Gasteiger charge is -2.28. The number of halogens is 1. The molecule has 100 valence electrons. The van der Waals surface area contributed by atoms with Crippen molar-refractivity contribution in [1.29, 1.82) is 0 Å². The van der Waals surface area contributed by atoms with Crippen LogP contribution >= 0.6 is 15.9 Å². The molecule has 1 aromatic rings. The van der Waals surface area contributed by atoms with E-state index in [9.17, 15) is 14.9 Å². The second kappa shape index (κ2) is 5.99. The van der Waals surface area contributed by atoms with Crippen molar-refractivity contribution in [3.05, 3.63) is 28.1 Å². The van der Waals surface area contributed by atoms with Gasteiger partial charge in [-0.2, -0.15) is 0 Å². The molecule has 1 atom stereocenters. The van der Waals surface area contributed by atoms with E-state index in [4.69, 9.17) is 0 Å². The molecular weight excluding hydrogens is 302 g/mol. The van der Waals surface area contributed by atoms with Crippen LogP contribution in [0.5, 0.6) is 0 Å². The number of H-pyrrole nitrogens is 1. The van der Waals surface area contributed by atoms with Crippen molar-refractivity contribution in [2.75, 3.05) is 5.33 Å². The zero-order chi connectivity index (χ0) is 13.8. The van der Waals surface area contributed by atoms with Crippen LogP contribution in [0.4, 0.5) is 5.69 Å². The van der Waals surface area contributed by atoms with Gasteiger partial charge in [0.2, 0.25) is 0 Å². The van der Waals surface area contributed by atoms with Gasteiger partial charge in [0.1, 0.15) is 5.69 Å². The highest BCUT2D eigenvalue weighted by molar-refractivity contribution is 9.09. The lowest BCUT2D eigenvalue weighted by atomic mass is 9.95. The molecule has 1 aromatic heterocycles. The van der Waals surface area contributed by atoms with E-state index in [1.807, 2.05) is 13.8 Å². The molecule has 1 unspecified atom stereocenters. The molecule has 1 amide bonds. The first kappa shape index (κ1) is 14.7. The zero-order valence-electron chi connectivity index (χ0n) is 10.3. The van der Waals surface area contributed by atoms with Gasteiger partial charge < -0.3 is 10.3 Å². The van der Waals surface area contributed by atoms with Crippen molar-refractivity contribution < 1.29 is 9.72 Å². The number of hydrogen-bond acceptors (Lipinski definition) is 3. The van der Waals surface area contributed by atoms with Crippen molar-refractivity contribution in [3.8, 4) is 0 Å². The SMILES string of the molecule is CCC(C)(CCBr)NC(=O)c1cc([N+](=O)[O-])c[nH]1. The molecule has 0 saturated carbocycles. The highest BCUT2D eigenvalue weighted by Gasteiger charge is 2.25. The van der Waals surface area contributed by atoms with E-state index < -0.39 is 4.92 Å². The number of alkyl halides is 1. The summed E-state index contributed by atoms with van der Waals surface area (Å²) >= 11 is 3.35. The Morgan fingerprint density at radius 3 is 2.78 bits per heavy atom. The molecule has 1 heterocycles. The van der Waals surface area contributed by atoms with Gasteiger partial charge >= 0.3 is 0 Å². The van der Waals surface area contributed by atoms with Crippen LogP contribution in [0.2, 0.25) is 0 Å². The first-order chi connectivity index (χ1) is 8.41. The predicted molar refractivity (Wildman–Crippen MR) is 72.0 cm³/mol. The van der Waals surface area contributed by atoms with E-state index in [-0.39, 0.29) is 22.8 Å². The normalized spacial score (nSPS) is 13.9. The van der Waals surface area contributed by atoms with E-state index in [1.54, 1.807) is 0 Å². The molecular formula is C11H16BrN3O3. The van der Waals surface area contributed by atoms with Crippen LogP contribution < -0.4 is 5.32 Å². The molecule has 0 aliphatic rings. The summed E-state index contributed by atoms with van der Waals surface area (Å²) in [5.74, 6) is -0.326. The van der Waals surface area contributed by atoms with Gasteiger partial charge in [0, 0.05) is 16.9 Å². The van der Waals surface area contributed by atoms with Crippen molar-refractivity contribution in [2.45, 2.75) is 32.2 Å². The van der Waals surface area contributed by atoms with Crippen molar-refractivity contribution in [3.63, 3.8) is 0 Å². The molecule has 6 nitrogen and oxygen atoms in total. The summed E-state index contributed by atoms with van der Waals surface area (Å²) in [5.41, 5.74) is -0.227. The fraction of sp³-hybridized carbons (Fsp3) is 0.545. The smallest absolute Gasteiger partial charge is 0.287 e. The van der Waals surface area contributed by atoms with Gasteiger partial charge in [-0.15, -0.1) is 0 Å². The molecule has 18 heavy (non-hydrogen) atoms. The second-order valence-electron chi connectivity index (χ2n) is 4.34. The number of hydrogen-bond donors (Lipinski definition) is 2. The minimum atomic E-state index is -0.537. The van der Waals surface area contributed by atoms with Gasteiger partial charge in [0.15, 0.2) is 0 Å². The maximum Gasteiger partial charge on any atom is 0.287 e. The highest BCUT2D eigenvalue weighted by Crippen LogP contribution is 2.18. The number of aromatic amines is 1. The number of nitrogens with zero attached hydrogens (tertiary/aromatic N) is 1. The summed E-state index contributed by atoms with van der Waals surface area (Å²) < 4.78 is 0. The Hall–Kier alpha value is -1.37. The van der Waals surface area contributed by atoms with Crippen LogP contribution in [0, 0.1) is 10.1 Å². The van der Waals surface area contributed by atoms with E-state index in [0.29, 0.717) is 0 Å². The topological polar surface area (TPSA) is 88.0 Å². The Morgan fingerprint density at radius 1 is 1.67 bits per heavy atom. The monoisotopic (exact) mass is 317 g/mol. The number of carbonyl (C=O) groups excluding carboxylic acids is 1. The summed E-state index contributed by atoms with van der Waals surface area (Å²) in [6.45, 7) is 3.93. The van der Waals surface area contributed by atoms with E-state index in [2.05, 4.69) is 26.2 Å². The Bertz CT molecular complexity index is 446. The summed E-state index contributed by atoms with van der Waals surface area (Å²) in [6, 6.07) is 1.24. The van der Waals surface area contributed by atoms with Crippen LogP contribution in [-0.4, -0.2) is 26.7 Å². The molecule has 0 bridgehead atoms. The molecule has 0 saturated heterocycles. The number of amides is 1. The molecule has 2 N–H and O–H groups in total. The first-order valence-electron chi connectivity index (χ1n) is 5.63. The van der Waals surface area contributed by atoms with Crippen LogP contribution in [0.15, 0.2) is 12.3 Å². The van der Waals surface area contributed by atoms with Gasteiger partial charge in [0.25, 0.3) is 11.6 Å². The van der Waals surface area contributed by atoms with Gasteiger partial charge in [-0.3, -0.25) is 14.9 Å². The minimum absolute atomic E-state index is 0.112. The molecule has 7 heteroatoms. The van der Waals surface area contributed by atoms with Crippen molar-refractivity contribution in [1.82, 2.24) is 10.3 Å². The maximum atomic E-state index is 11.9. The van der Waals surface area contributed by atoms with Gasteiger partial charge in [-0.25, -0.2) is 0 Å². The molecule has 0 aromatic carbocycles. The minimum Gasteiger partial charge on any atom is -0.351 e. The second-order valence-corrected chi connectivity index (χ2v) is 5.13. The van der Waals surface area contributed by atoms with Gasteiger partial charge in [-0.1, -0.05) is 22.9 Å². The van der Waals surface area contributed by atoms with Crippen LogP contribution in [0.25, 0.3) is 0 Å². The fourth-order valence-corrected chi connectivity index (χ4v) is 2.37. The quantitative estimate of drug-likeness (QED) is 0.480. The highest BCUT2D eigenvalue weighted by atomic mass is 79.9. The number of aromatic nitrogens is 1. The molecule has 0 spiro atoms. The molecule has 0 aliphatic heterocycles. The lowest BCUT2D eigenvalue weighted by molar-refractivity contribution is -0.384. The third kappa shape index (κ3) is 3.56. The average Bonchev–Trinajstić information content (AvgIpc) is 2.78. The average molecular weight is 318 g/mol. The molecule has 0 fully saturated rings.